The zero-order chi connectivity index (χ0) is 11.5. The standard InChI is InChI=1S/C12H15NO3/c1-2-8(7-14)13-11-9-5-3-4-6-10(9)12(15)16-11/h3-6,8,11,13-14H,2,7H2,1H3. The molecule has 0 aromatic heterocycles. The molecule has 0 amide bonds. The predicted molar refractivity (Wildman–Crippen MR) is 58.9 cm³/mol. The average molecular weight is 221 g/mol. The number of nitrogens with one attached hydrogen (secondary N) is 1. The molecule has 0 fully saturated rings. The van der Waals surface area contributed by atoms with Gasteiger partial charge in [0.2, 0.25) is 0 Å². The van der Waals surface area contributed by atoms with Gasteiger partial charge in [0.15, 0.2) is 6.23 Å². The van der Waals surface area contributed by atoms with Crippen molar-refractivity contribution in [3.8, 4) is 0 Å². The van der Waals surface area contributed by atoms with Crippen LogP contribution in [0.3, 0.4) is 0 Å². The van der Waals surface area contributed by atoms with Crippen molar-refractivity contribution >= 4 is 5.97 Å². The molecule has 2 atom stereocenters. The van der Waals surface area contributed by atoms with Gasteiger partial charge in [-0.2, -0.15) is 0 Å². The Labute approximate surface area is 94.2 Å². The molecule has 2 unspecified atom stereocenters. The Hall–Kier alpha value is -1.39. The van der Waals surface area contributed by atoms with E-state index in [-0.39, 0.29) is 18.6 Å². The monoisotopic (exact) mass is 221 g/mol. The van der Waals surface area contributed by atoms with E-state index in [4.69, 9.17) is 9.84 Å². The molecule has 0 bridgehead atoms. The van der Waals surface area contributed by atoms with Crippen molar-refractivity contribution in [1.29, 1.82) is 0 Å². The number of fused-ring (bicyclic) bond motifs is 1. The number of rotatable bonds is 4. The maximum absolute atomic E-state index is 11.5. The van der Waals surface area contributed by atoms with Crippen molar-refractivity contribution in [3.05, 3.63) is 35.4 Å². The predicted octanol–water partition coefficient (Wildman–Crippen LogP) is 1.22. The van der Waals surface area contributed by atoms with Gasteiger partial charge in [0.25, 0.3) is 0 Å². The average Bonchev–Trinajstić information content (AvgIpc) is 2.64. The highest BCUT2D eigenvalue weighted by molar-refractivity contribution is 5.93. The molecule has 1 aliphatic heterocycles. The summed E-state index contributed by atoms with van der Waals surface area (Å²) in [7, 11) is 0. The van der Waals surface area contributed by atoms with Crippen LogP contribution in [0.25, 0.3) is 0 Å². The largest absolute Gasteiger partial charge is 0.439 e. The second kappa shape index (κ2) is 4.63. The molecule has 0 radical (unpaired) electrons. The molecule has 4 heteroatoms. The van der Waals surface area contributed by atoms with Crippen molar-refractivity contribution in [1.82, 2.24) is 5.32 Å². The van der Waals surface area contributed by atoms with Crippen molar-refractivity contribution in [3.63, 3.8) is 0 Å². The Bertz CT molecular complexity index is 388. The first-order valence-electron chi connectivity index (χ1n) is 5.43. The Kier molecular flexibility index (Phi) is 3.22. The van der Waals surface area contributed by atoms with Crippen LogP contribution >= 0.6 is 0 Å². The number of esters is 1. The van der Waals surface area contributed by atoms with E-state index in [0.29, 0.717) is 5.56 Å². The summed E-state index contributed by atoms with van der Waals surface area (Å²) in [6.45, 7) is 2.00. The summed E-state index contributed by atoms with van der Waals surface area (Å²) in [6.07, 6.45) is 0.355. The maximum Gasteiger partial charge on any atom is 0.340 e. The lowest BCUT2D eigenvalue weighted by Crippen LogP contribution is -2.35. The molecule has 0 aliphatic carbocycles. The summed E-state index contributed by atoms with van der Waals surface area (Å²) in [5.41, 5.74) is 1.45. The second-order valence-electron chi connectivity index (χ2n) is 3.83. The van der Waals surface area contributed by atoms with Gasteiger partial charge in [-0.3, -0.25) is 5.32 Å². The number of benzene rings is 1. The van der Waals surface area contributed by atoms with Gasteiger partial charge in [0, 0.05) is 11.6 Å². The molecule has 0 spiro atoms. The fourth-order valence-electron chi connectivity index (χ4n) is 1.78. The smallest absolute Gasteiger partial charge is 0.340 e. The summed E-state index contributed by atoms with van der Waals surface area (Å²) in [5, 5.41) is 12.2. The number of carbonyl (C=O) groups is 1. The van der Waals surface area contributed by atoms with Gasteiger partial charge in [-0.15, -0.1) is 0 Å². The van der Waals surface area contributed by atoms with E-state index in [1.54, 1.807) is 6.07 Å². The van der Waals surface area contributed by atoms with Crippen LogP contribution < -0.4 is 5.32 Å². The molecule has 2 rings (SSSR count). The lowest BCUT2D eigenvalue weighted by molar-refractivity contribution is 0.0247. The van der Waals surface area contributed by atoms with Gasteiger partial charge >= 0.3 is 5.97 Å². The summed E-state index contributed by atoms with van der Waals surface area (Å²) in [5.74, 6) is -0.305. The van der Waals surface area contributed by atoms with Gasteiger partial charge in [-0.25, -0.2) is 4.79 Å². The molecule has 1 aromatic rings. The minimum atomic E-state index is -0.430. The van der Waals surface area contributed by atoms with E-state index in [2.05, 4.69) is 5.32 Å². The van der Waals surface area contributed by atoms with E-state index in [9.17, 15) is 4.79 Å². The molecule has 86 valence electrons. The minimum absolute atomic E-state index is 0.0344. The molecule has 4 nitrogen and oxygen atoms in total. The van der Waals surface area contributed by atoms with Crippen molar-refractivity contribution in [2.24, 2.45) is 0 Å². The Morgan fingerprint density at radius 3 is 2.94 bits per heavy atom. The van der Waals surface area contributed by atoms with E-state index in [1.807, 2.05) is 25.1 Å². The highest BCUT2D eigenvalue weighted by Gasteiger charge is 2.31. The number of hydrogen-bond acceptors (Lipinski definition) is 4. The Balaban J connectivity index is 2.17. The van der Waals surface area contributed by atoms with Crippen LogP contribution in [0.1, 0.15) is 35.5 Å². The third-order valence-corrected chi connectivity index (χ3v) is 2.79. The van der Waals surface area contributed by atoms with Gasteiger partial charge in [0.05, 0.1) is 12.2 Å². The summed E-state index contributed by atoms with van der Waals surface area (Å²) in [6, 6.07) is 7.24. The van der Waals surface area contributed by atoms with Crippen LogP contribution in [0.4, 0.5) is 0 Å². The summed E-state index contributed by atoms with van der Waals surface area (Å²) < 4.78 is 5.20. The highest BCUT2D eigenvalue weighted by atomic mass is 16.6. The van der Waals surface area contributed by atoms with E-state index in [0.717, 1.165) is 12.0 Å². The van der Waals surface area contributed by atoms with Crippen molar-refractivity contribution in [2.45, 2.75) is 25.6 Å². The lowest BCUT2D eigenvalue weighted by atomic mass is 10.1. The molecular weight excluding hydrogens is 206 g/mol. The van der Waals surface area contributed by atoms with Crippen molar-refractivity contribution < 1.29 is 14.6 Å². The summed E-state index contributed by atoms with van der Waals surface area (Å²) >= 11 is 0. The maximum atomic E-state index is 11.5. The first-order valence-corrected chi connectivity index (χ1v) is 5.43. The van der Waals surface area contributed by atoms with Crippen LogP contribution in [0, 0.1) is 0 Å². The van der Waals surface area contributed by atoms with Gasteiger partial charge in [-0.1, -0.05) is 25.1 Å². The SMILES string of the molecule is CCC(CO)NC1OC(=O)c2ccccc21. The highest BCUT2D eigenvalue weighted by Crippen LogP contribution is 2.28. The van der Waals surface area contributed by atoms with Crippen LogP contribution in [-0.2, 0) is 4.74 Å². The van der Waals surface area contributed by atoms with E-state index < -0.39 is 6.23 Å². The number of aliphatic hydroxyl groups excluding tert-OH is 1. The third-order valence-electron chi connectivity index (χ3n) is 2.79. The summed E-state index contributed by atoms with van der Waals surface area (Å²) in [4.78, 5) is 11.5. The molecule has 16 heavy (non-hydrogen) atoms. The van der Waals surface area contributed by atoms with Crippen LogP contribution in [0.15, 0.2) is 24.3 Å². The molecule has 0 saturated heterocycles. The number of cyclic esters (lactones) is 1. The molecule has 1 aliphatic rings. The van der Waals surface area contributed by atoms with Crippen LogP contribution in [0.2, 0.25) is 0 Å². The third kappa shape index (κ3) is 1.94. The Morgan fingerprint density at radius 2 is 2.25 bits per heavy atom. The van der Waals surface area contributed by atoms with Crippen LogP contribution in [-0.4, -0.2) is 23.7 Å². The molecule has 2 N–H and O–H groups in total. The number of carbonyl (C=O) groups excluding carboxylic acids is 1. The fourth-order valence-corrected chi connectivity index (χ4v) is 1.78. The second-order valence-corrected chi connectivity index (χ2v) is 3.83. The first-order chi connectivity index (χ1) is 7.76. The fraction of sp³-hybridized carbons (Fsp3) is 0.417. The molecule has 1 heterocycles. The zero-order valence-electron chi connectivity index (χ0n) is 9.14. The minimum Gasteiger partial charge on any atom is -0.439 e. The number of ether oxygens (including phenoxy) is 1. The molecule has 1 aromatic carbocycles. The van der Waals surface area contributed by atoms with Gasteiger partial charge in [0.1, 0.15) is 0 Å². The molecule has 0 saturated carbocycles. The van der Waals surface area contributed by atoms with Crippen molar-refractivity contribution in [2.75, 3.05) is 6.61 Å². The lowest BCUT2D eigenvalue weighted by Gasteiger charge is -2.19. The Morgan fingerprint density at radius 1 is 1.50 bits per heavy atom. The number of hydrogen-bond donors (Lipinski definition) is 2. The zero-order valence-corrected chi connectivity index (χ0v) is 9.14. The normalized spacial score (nSPS) is 20.4. The van der Waals surface area contributed by atoms with E-state index in [1.165, 1.54) is 0 Å². The number of aliphatic hydroxyl groups is 1. The first kappa shape index (κ1) is 11.1. The topological polar surface area (TPSA) is 58.6 Å². The quantitative estimate of drug-likeness (QED) is 0.750. The van der Waals surface area contributed by atoms with Gasteiger partial charge in [-0.05, 0) is 12.5 Å². The van der Waals surface area contributed by atoms with Crippen LogP contribution in [0.5, 0.6) is 0 Å². The molecular formula is C12H15NO3. The van der Waals surface area contributed by atoms with Gasteiger partial charge < -0.3 is 9.84 Å². The van der Waals surface area contributed by atoms with E-state index >= 15 is 0 Å².